The van der Waals surface area contributed by atoms with Crippen molar-refractivity contribution in [3.63, 3.8) is 0 Å². The zero-order valence-electron chi connectivity index (χ0n) is 25.5. The van der Waals surface area contributed by atoms with Gasteiger partial charge in [-0.15, -0.1) is 0 Å². The number of ketones is 3. The predicted molar refractivity (Wildman–Crippen MR) is 176 cm³/mol. The molecule has 47 heavy (non-hydrogen) atoms. The Bertz CT molecular complexity index is 2170. The van der Waals surface area contributed by atoms with E-state index in [2.05, 4.69) is 0 Å². The molecule has 1 saturated heterocycles. The van der Waals surface area contributed by atoms with Gasteiger partial charge in [-0.3, -0.25) is 28.9 Å². The van der Waals surface area contributed by atoms with Gasteiger partial charge in [0.05, 0.1) is 17.5 Å². The summed E-state index contributed by atoms with van der Waals surface area (Å²) in [5.74, 6) is -4.02. The molecule has 4 atom stereocenters. The molecule has 230 valence electrons. The van der Waals surface area contributed by atoms with E-state index in [4.69, 9.17) is 0 Å². The second-order valence-electron chi connectivity index (χ2n) is 12.7. The molecule has 4 aliphatic rings. The molecule has 4 aromatic carbocycles. The summed E-state index contributed by atoms with van der Waals surface area (Å²) in [4.78, 5) is 69.6. The van der Waals surface area contributed by atoms with Crippen LogP contribution in [0.1, 0.15) is 47.2 Å². The van der Waals surface area contributed by atoms with E-state index in [1.54, 1.807) is 61.5 Å². The molecule has 4 aromatic rings. The zero-order chi connectivity index (χ0) is 32.6. The monoisotopic (exact) mass is 619 g/mol. The number of hydrogen-bond donors (Lipinski definition) is 1. The summed E-state index contributed by atoms with van der Waals surface area (Å²) < 4.78 is 0. The summed E-state index contributed by atoms with van der Waals surface area (Å²) in [5.41, 5.74) is 3.64. The first-order valence-electron chi connectivity index (χ1n) is 15.7. The van der Waals surface area contributed by atoms with Gasteiger partial charge in [-0.1, -0.05) is 78.4 Å². The van der Waals surface area contributed by atoms with Crippen LogP contribution in [0, 0.1) is 17.8 Å². The first-order valence-corrected chi connectivity index (χ1v) is 15.7. The molecular formula is C40H29NO6. The van der Waals surface area contributed by atoms with Crippen molar-refractivity contribution < 1.29 is 29.1 Å². The molecule has 7 heteroatoms. The number of benzene rings is 4. The van der Waals surface area contributed by atoms with Crippen LogP contribution >= 0.6 is 0 Å². The third-order valence-electron chi connectivity index (χ3n) is 10.2. The number of carbonyl (C=O) groups is 5. The smallest absolute Gasteiger partial charge is 0.238 e. The van der Waals surface area contributed by atoms with Crippen LogP contribution in [0.25, 0.3) is 10.8 Å². The summed E-state index contributed by atoms with van der Waals surface area (Å²) >= 11 is 0. The van der Waals surface area contributed by atoms with Crippen molar-refractivity contribution in [1.29, 1.82) is 0 Å². The molecule has 0 bridgehead atoms. The number of carbonyl (C=O) groups excluding carboxylic acids is 5. The molecule has 0 radical (unpaired) electrons. The van der Waals surface area contributed by atoms with Crippen molar-refractivity contribution in [1.82, 2.24) is 0 Å². The van der Waals surface area contributed by atoms with Crippen molar-refractivity contribution in [3.05, 3.63) is 142 Å². The van der Waals surface area contributed by atoms with Gasteiger partial charge in [0.15, 0.2) is 17.3 Å². The Hall–Kier alpha value is -5.69. The fourth-order valence-corrected chi connectivity index (χ4v) is 7.99. The van der Waals surface area contributed by atoms with Gasteiger partial charge in [-0.2, -0.15) is 0 Å². The number of Topliss-reactive ketones (excluding diaryl/α,β-unsaturated/α-hetero) is 1. The molecule has 3 aliphatic carbocycles. The first kappa shape index (κ1) is 28.8. The fraction of sp³-hybridized carbons (Fsp3) is 0.175. The maximum atomic E-state index is 14.3. The van der Waals surface area contributed by atoms with Crippen LogP contribution in [-0.2, 0) is 19.2 Å². The van der Waals surface area contributed by atoms with E-state index in [1.807, 2.05) is 42.5 Å². The van der Waals surface area contributed by atoms with E-state index >= 15 is 0 Å². The van der Waals surface area contributed by atoms with Gasteiger partial charge in [0, 0.05) is 44.7 Å². The van der Waals surface area contributed by atoms with Crippen LogP contribution in [0.2, 0.25) is 0 Å². The molecule has 0 aromatic heterocycles. The van der Waals surface area contributed by atoms with E-state index in [1.165, 1.54) is 11.0 Å². The minimum Gasteiger partial charge on any atom is -0.507 e. The van der Waals surface area contributed by atoms with Crippen LogP contribution < -0.4 is 4.90 Å². The third kappa shape index (κ3) is 4.30. The number of phenolic OH excluding ortho intramolecular Hbond substituents is 1. The Labute approximate surface area is 270 Å². The average molecular weight is 620 g/mol. The van der Waals surface area contributed by atoms with Crippen molar-refractivity contribution in [2.24, 2.45) is 17.8 Å². The molecule has 4 unspecified atom stereocenters. The van der Waals surface area contributed by atoms with Crippen LogP contribution in [0.15, 0.2) is 125 Å². The van der Waals surface area contributed by atoms with Crippen molar-refractivity contribution in [2.45, 2.75) is 25.7 Å². The van der Waals surface area contributed by atoms with Gasteiger partial charge in [-0.25, -0.2) is 0 Å². The number of allylic oxidation sites excluding steroid dienone is 6. The molecule has 7 nitrogen and oxygen atoms in total. The van der Waals surface area contributed by atoms with Crippen LogP contribution in [0.4, 0.5) is 5.69 Å². The lowest BCUT2D eigenvalue weighted by atomic mass is 9.59. The lowest BCUT2D eigenvalue weighted by Crippen LogP contribution is -2.39. The highest BCUT2D eigenvalue weighted by atomic mass is 16.3. The maximum absolute atomic E-state index is 14.3. The Morgan fingerprint density at radius 1 is 0.787 bits per heavy atom. The lowest BCUT2D eigenvalue weighted by Gasteiger charge is -2.42. The van der Waals surface area contributed by atoms with E-state index in [0.717, 1.165) is 11.0 Å². The Morgan fingerprint density at radius 3 is 2.26 bits per heavy atom. The van der Waals surface area contributed by atoms with Gasteiger partial charge < -0.3 is 5.11 Å². The summed E-state index contributed by atoms with van der Waals surface area (Å²) in [7, 11) is 0. The molecule has 1 fully saturated rings. The number of phenols is 1. The quantitative estimate of drug-likeness (QED) is 0.122. The highest BCUT2D eigenvalue weighted by molar-refractivity contribution is 6.25. The lowest BCUT2D eigenvalue weighted by molar-refractivity contribution is -0.123. The fourth-order valence-electron chi connectivity index (χ4n) is 7.99. The van der Waals surface area contributed by atoms with E-state index in [0.29, 0.717) is 44.5 Å². The minimum absolute atomic E-state index is 0.0247. The average Bonchev–Trinajstić information content (AvgIpc) is 3.36. The van der Waals surface area contributed by atoms with Gasteiger partial charge in [0.2, 0.25) is 11.8 Å². The van der Waals surface area contributed by atoms with Gasteiger partial charge >= 0.3 is 0 Å². The maximum Gasteiger partial charge on any atom is 0.238 e. The van der Waals surface area contributed by atoms with Crippen molar-refractivity contribution >= 4 is 45.6 Å². The molecule has 2 amide bonds. The largest absolute Gasteiger partial charge is 0.507 e. The summed E-state index contributed by atoms with van der Waals surface area (Å²) in [6, 6.07) is 26.4. The summed E-state index contributed by atoms with van der Waals surface area (Å²) in [5, 5.41) is 13.0. The number of aromatic hydroxyl groups is 1. The second kappa shape index (κ2) is 10.7. The number of fused-ring (bicyclic) bond motifs is 4. The van der Waals surface area contributed by atoms with Crippen LogP contribution in [0.5, 0.6) is 5.75 Å². The molecule has 0 saturated carbocycles. The molecule has 1 heterocycles. The van der Waals surface area contributed by atoms with Gasteiger partial charge in [0.1, 0.15) is 5.75 Å². The number of amides is 2. The molecule has 0 spiro atoms. The predicted octanol–water partition coefficient (Wildman–Crippen LogP) is 6.41. The Kier molecular flexibility index (Phi) is 6.55. The molecule has 1 aliphatic heterocycles. The number of hydrogen-bond acceptors (Lipinski definition) is 6. The Balaban J connectivity index is 1.19. The summed E-state index contributed by atoms with van der Waals surface area (Å²) in [6.07, 6.45) is 3.72. The van der Waals surface area contributed by atoms with Gasteiger partial charge in [-0.05, 0) is 61.4 Å². The number of imide groups is 1. The van der Waals surface area contributed by atoms with Gasteiger partial charge in [0.25, 0.3) is 0 Å². The first-order chi connectivity index (χ1) is 22.7. The topological polar surface area (TPSA) is 109 Å². The highest BCUT2D eigenvalue weighted by Crippen LogP contribution is 2.56. The Morgan fingerprint density at radius 2 is 1.49 bits per heavy atom. The minimum atomic E-state index is -0.748. The zero-order valence-corrected chi connectivity index (χ0v) is 25.5. The van der Waals surface area contributed by atoms with Crippen LogP contribution in [-0.4, -0.2) is 34.3 Å². The van der Waals surface area contributed by atoms with Crippen molar-refractivity contribution in [2.75, 3.05) is 4.90 Å². The van der Waals surface area contributed by atoms with E-state index < -0.39 is 23.7 Å². The second-order valence-corrected chi connectivity index (χ2v) is 12.7. The van der Waals surface area contributed by atoms with Crippen LogP contribution in [0.3, 0.4) is 0 Å². The molecular weight excluding hydrogens is 590 g/mol. The molecule has 8 rings (SSSR count). The van der Waals surface area contributed by atoms with E-state index in [-0.39, 0.29) is 47.8 Å². The highest BCUT2D eigenvalue weighted by Gasteiger charge is 2.56. The summed E-state index contributed by atoms with van der Waals surface area (Å²) in [6.45, 7) is 1.62. The number of nitrogens with zero attached hydrogens (tertiary/aromatic N) is 1. The van der Waals surface area contributed by atoms with Crippen molar-refractivity contribution in [3.8, 4) is 5.75 Å². The standard InChI is InChI=1S/C40H29NO6/c1-21-19-32(42)31-20-30-27(33(35(31)36(21)43)28-16-13-22-7-5-6-10-26(22)38(28)45)17-18-29-34(30)40(47)41(39(29)46)25-14-11-24(12-15-25)37(44)23-8-3-2-4-9-23/h2-17,19,29-30,33-34,45H,18,20H2,1H3. The number of anilines is 1. The normalized spacial score (nSPS) is 23.7. The molecule has 1 N–H and O–H groups in total. The number of rotatable bonds is 4. The van der Waals surface area contributed by atoms with E-state index in [9.17, 15) is 29.1 Å². The third-order valence-corrected chi connectivity index (χ3v) is 10.2. The SMILES string of the molecule is CC1=CC(=O)C2=C(C1=O)C(c1ccc3ccccc3c1O)C1=CCC3C(=O)N(c4ccc(C(=O)c5ccccc5)cc4)C(=O)C3C1C2.